The zero-order valence-electron chi connectivity index (χ0n) is 33.2. The van der Waals surface area contributed by atoms with E-state index in [1.54, 1.807) is 25.1 Å². The number of nitrogens with one attached hydrogen (secondary N) is 3. The van der Waals surface area contributed by atoms with E-state index in [-0.39, 0.29) is 55.2 Å². The summed E-state index contributed by atoms with van der Waals surface area (Å²) < 4.78 is 113. The Labute approximate surface area is 338 Å². The highest BCUT2D eigenvalue weighted by molar-refractivity contribution is 7.91. The number of pyridine rings is 1. The average Bonchev–Trinajstić information content (AvgIpc) is 4.06. The van der Waals surface area contributed by atoms with Crippen molar-refractivity contribution in [2.24, 2.45) is 17.8 Å². The van der Waals surface area contributed by atoms with E-state index in [1.165, 1.54) is 13.3 Å². The van der Waals surface area contributed by atoms with Gasteiger partial charge in [0.15, 0.2) is 0 Å². The fourth-order valence-electron chi connectivity index (χ4n) is 7.81. The van der Waals surface area contributed by atoms with Gasteiger partial charge in [0, 0.05) is 30.0 Å². The largest absolute Gasteiger partial charge is 0.496 e. The molecule has 59 heavy (non-hydrogen) atoms. The van der Waals surface area contributed by atoms with Gasteiger partial charge in [0.25, 0.3) is 5.91 Å². The van der Waals surface area contributed by atoms with Crippen molar-refractivity contribution in [1.82, 2.24) is 25.2 Å². The first kappa shape index (κ1) is 43.8. The van der Waals surface area contributed by atoms with Gasteiger partial charge in [-0.15, -0.1) is 0 Å². The van der Waals surface area contributed by atoms with Crippen LogP contribution in [0.3, 0.4) is 0 Å². The molecule has 2 aliphatic heterocycles. The Balaban J connectivity index is 1.37. The maximum atomic E-state index is 14.7. The number of rotatable bonds is 9. The molecule has 4 aliphatic rings. The van der Waals surface area contributed by atoms with Gasteiger partial charge in [0.05, 0.1) is 19.0 Å². The SMILES string of the molecule is COc1cc(F)cc2c(O[C@@H]3C[C@H]4C(=O)N[C@]5(C(=O)NS(=O)(=O)C6(CF)CC6)CC5/C=C\CC[C@@H](C)C[C@@H](C)[C@H](NC(=O)OC(C)(C)C(F)(F)F)C(=O)N4C3)nccc12. The molecule has 1 aromatic carbocycles. The molecule has 0 radical (unpaired) electrons. The summed E-state index contributed by atoms with van der Waals surface area (Å²) in [6.07, 6.45) is -1.62. The van der Waals surface area contributed by atoms with E-state index >= 15 is 0 Å². The molecule has 3 fully saturated rings. The molecule has 7 atom stereocenters. The first-order chi connectivity index (χ1) is 27.6. The molecule has 324 valence electrons. The number of hydrogen-bond donors (Lipinski definition) is 3. The van der Waals surface area contributed by atoms with E-state index in [4.69, 9.17) is 14.2 Å². The highest BCUT2D eigenvalue weighted by Gasteiger charge is 2.64. The number of amides is 4. The van der Waals surface area contributed by atoms with Gasteiger partial charge in [-0.25, -0.2) is 27.0 Å². The first-order valence-electron chi connectivity index (χ1n) is 19.3. The Bertz CT molecular complexity index is 2130. The van der Waals surface area contributed by atoms with Crippen LogP contribution in [-0.4, -0.2) is 103 Å². The lowest BCUT2D eigenvalue weighted by Crippen LogP contribution is -2.60. The van der Waals surface area contributed by atoms with Crippen molar-refractivity contribution in [2.45, 2.75) is 113 Å². The van der Waals surface area contributed by atoms with Crippen LogP contribution < -0.4 is 24.8 Å². The summed E-state index contributed by atoms with van der Waals surface area (Å²) >= 11 is 0. The lowest BCUT2D eigenvalue weighted by Gasteiger charge is -2.34. The molecule has 1 aromatic heterocycles. The van der Waals surface area contributed by atoms with E-state index in [1.807, 2.05) is 11.6 Å². The number of carbonyl (C=O) groups excluding carboxylic acids is 4. The van der Waals surface area contributed by atoms with Gasteiger partial charge in [-0.1, -0.05) is 26.0 Å². The van der Waals surface area contributed by atoms with Crippen LogP contribution in [0.1, 0.15) is 72.6 Å². The highest BCUT2D eigenvalue weighted by atomic mass is 32.2. The molecule has 1 saturated heterocycles. The number of allylic oxidation sites excluding steroid dienone is 1. The quantitative estimate of drug-likeness (QED) is 0.229. The minimum atomic E-state index is -4.96. The van der Waals surface area contributed by atoms with Gasteiger partial charge in [0.1, 0.15) is 46.7 Å². The monoisotopic (exact) mass is 857 g/mol. The minimum Gasteiger partial charge on any atom is -0.496 e. The molecule has 2 aromatic rings. The van der Waals surface area contributed by atoms with Crippen LogP contribution >= 0.6 is 0 Å². The number of alkyl carbamates (subject to hydrolysis) is 1. The van der Waals surface area contributed by atoms with E-state index in [0.717, 1.165) is 17.0 Å². The maximum Gasteiger partial charge on any atom is 0.427 e. The fourth-order valence-corrected chi connectivity index (χ4v) is 9.23. The molecule has 6 rings (SSSR count). The number of aromatic nitrogens is 1. The molecule has 20 heteroatoms. The van der Waals surface area contributed by atoms with E-state index < -0.39 is 98.4 Å². The van der Waals surface area contributed by atoms with E-state index in [0.29, 0.717) is 38.5 Å². The van der Waals surface area contributed by atoms with Crippen molar-refractivity contribution >= 4 is 44.6 Å². The third kappa shape index (κ3) is 8.77. The second kappa shape index (κ2) is 16.0. The molecule has 2 saturated carbocycles. The molecule has 3 N–H and O–H groups in total. The standard InChI is InChI=1S/C39H48F5N5O9S/c1-21-8-6-7-9-23-18-38(23,34(52)48-59(54,55)37(20-40)11-12-37)47-31(50)28-17-25(57-32-27-15-24(41)16-29(56-5)26(27)10-13-45-32)19-49(28)33(51)30(22(2)14-21)46-35(53)58-36(3,4)39(42,43)44/h7,9-10,13,15-16,21-23,25,28,30H,6,8,11-12,14,17-20H2,1-5H3,(H,46,53)(H,47,50)(H,48,52)/b9-7-/t21-,22-,23?,25-,28+,30+,38-/m1/s1. The van der Waals surface area contributed by atoms with Crippen LogP contribution in [0.5, 0.6) is 11.6 Å². The Morgan fingerprint density at radius 2 is 1.81 bits per heavy atom. The van der Waals surface area contributed by atoms with Crippen molar-refractivity contribution in [3.63, 3.8) is 0 Å². The Morgan fingerprint density at radius 3 is 2.46 bits per heavy atom. The Hall–Kier alpha value is -4.75. The number of nitrogens with zero attached hydrogens (tertiary/aromatic N) is 2. The smallest absolute Gasteiger partial charge is 0.427 e. The summed E-state index contributed by atoms with van der Waals surface area (Å²) in [5, 5.41) is 5.63. The highest BCUT2D eigenvalue weighted by Crippen LogP contribution is 2.48. The van der Waals surface area contributed by atoms with E-state index in [9.17, 15) is 49.5 Å². The third-order valence-electron chi connectivity index (χ3n) is 11.8. The van der Waals surface area contributed by atoms with Crippen LogP contribution in [-0.2, 0) is 29.1 Å². The predicted molar refractivity (Wildman–Crippen MR) is 202 cm³/mol. The molecule has 3 heterocycles. The Kier molecular flexibility index (Phi) is 11.9. The second-order valence-corrected chi connectivity index (χ2v) is 18.7. The summed E-state index contributed by atoms with van der Waals surface area (Å²) in [7, 11) is -3.14. The zero-order chi connectivity index (χ0) is 43.3. The number of carbonyl (C=O) groups is 4. The lowest BCUT2D eigenvalue weighted by atomic mass is 9.88. The first-order valence-corrected chi connectivity index (χ1v) is 20.8. The molecule has 0 bridgehead atoms. The molecule has 2 aliphatic carbocycles. The lowest BCUT2D eigenvalue weighted by molar-refractivity contribution is -0.244. The van der Waals surface area contributed by atoms with Gasteiger partial charge in [-0.05, 0) is 76.3 Å². The number of alkyl halides is 4. The number of benzene rings is 1. The summed E-state index contributed by atoms with van der Waals surface area (Å²) in [5.74, 6) is -4.94. The van der Waals surface area contributed by atoms with Crippen LogP contribution in [0.25, 0.3) is 10.8 Å². The van der Waals surface area contributed by atoms with Crippen molar-refractivity contribution < 1.29 is 63.8 Å². The van der Waals surface area contributed by atoms with Crippen molar-refractivity contribution in [3.05, 3.63) is 42.4 Å². The predicted octanol–water partition coefficient (Wildman–Crippen LogP) is 5.00. The number of ether oxygens (including phenoxy) is 3. The summed E-state index contributed by atoms with van der Waals surface area (Å²) in [4.78, 5) is 61.5. The van der Waals surface area contributed by atoms with Crippen molar-refractivity contribution in [1.29, 1.82) is 0 Å². The van der Waals surface area contributed by atoms with Gasteiger partial charge in [-0.2, -0.15) is 13.2 Å². The number of methoxy groups -OCH3 is 1. The summed E-state index contributed by atoms with van der Waals surface area (Å²) in [5.41, 5.74) is -4.74. The van der Waals surface area contributed by atoms with Crippen LogP contribution in [0.4, 0.5) is 26.7 Å². The zero-order valence-corrected chi connectivity index (χ0v) is 34.0. The van der Waals surface area contributed by atoms with Gasteiger partial charge in [-0.3, -0.25) is 19.1 Å². The Morgan fingerprint density at radius 1 is 1.10 bits per heavy atom. The topological polar surface area (TPSA) is 182 Å². The van der Waals surface area contributed by atoms with Gasteiger partial charge in [0.2, 0.25) is 33.3 Å². The van der Waals surface area contributed by atoms with Crippen LogP contribution in [0.15, 0.2) is 36.5 Å². The summed E-state index contributed by atoms with van der Waals surface area (Å²) in [6, 6.07) is 0.913. The molecular formula is C39H48F5N5O9S. The number of hydrogen-bond acceptors (Lipinski definition) is 10. The van der Waals surface area contributed by atoms with Crippen LogP contribution in [0.2, 0.25) is 0 Å². The number of fused-ring (bicyclic) bond motifs is 3. The maximum absolute atomic E-state index is 14.7. The van der Waals surface area contributed by atoms with E-state index in [2.05, 4.69) is 15.6 Å². The fraction of sp³-hybridized carbons (Fsp3) is 0.615. The molecule has 4 amide bonds. The summed E-state index contributed by atoms with van der Waals surface area (Å²) in [6.45, 7) is 3.26. The van der Waals surface area contributed by atoms with Crippen LogP contribution in [0, 0.1) is 23.6 Å². The van der Waals surface area contributed by atoms with Gasteiger partial charge >= 0.3 is 12.3 Å². The van der Waals surface area contributed by atoms with Crippen molar-refractivity contribution in [2.75, 3.05) is 20.3 Å². The number of halogens is 5. The third-order valence-corrected chi connectivity index (χ3v) is 14.0. The molecular weight excluding hydrogens is 810 g/mol. The van der Waals surface area contributed by atoms with Crippen molar-refractivity contribution in [3.8, 4) is 11.6 Å². The normalized spacial score (nSPS) is 29.2. The van der Waals surface area contributed by atoms with Gasteiger partial charge < -0.3 is 29.7 Å². The molecule has 0 spiro atoms. The molecule has 14 nitrogen and oxygen atoms in total. The number of sulfonamides is 1. The molecule has 1 unspecified atom stereocenters. The average molecular weight is 858 g/mol. The minimum absolute atomic E-state index is 0.00731. The second-order valence-electron chi connectivity index (χ2n) is 16.7.